The molecule has 0 bridgehead atoms. The average molecular weight is 273 g/mol. The molecule has 2 N–H and O–H groups in total. The molecule has 0 spiro atoms. The molecule has 1 heterocycles. The number of aryl methyl sites for hydroxylation is 2. The summed E-state index contributed by atoms with van der Waals surface area (Å²) in [4.78, 5) is 12.0. The van der Waals surface area contributed by atoms with Crippen molar-refractivity contribution < 1.29 is 0 Å². The van der Waals surface area contributed by atoms with Crippen molar-refractivity contribution in [1.29, 1.82) is 0 Å². The molecule has 2 aromatic rings. The largest absolute Gasteiger partial charge is 0.330 e. The maximum atomic E-state index is 12.0. The Bertz CT molecular complexity index is 677. The second kappa shape index (κ2) is 5.09. The van der Waals surface area contributed by atoms with Crippen LogP contribution in [-0.4, -0.2) is 15.7 Å². The highest BCUT2D eigenvalue weighted by molar-refractivity contribution is 5.77. The van der Waals surface area contributed by atoms with Crippen LogP contribution in [0.5, 0.6) is 0 Å². The number of benzene rings is 1. The fraction of sp³-hybridized carbons (Fsp3) is 0.562. The van der Waals surface area contributed by atoms with E-state index in [-0.39, 0.29) is 5.69 Å². The van der Waals surface area contributed by atoms with Gasteiger partial charge >= 0.3 is 5.69 Å². The van der Waals surface area contributed by atoms with E-state index in [1.54, 1.807) is 9.13 Å². The smallest absolute Gasteiger partial charge is 0.328 e. The number of hydrogen-bond acceptors (Lipinski definition) is 2. The number of nitrogens with two attached hydrogens (primary N) is 1. The van der Waals surface area contributed by atoms with Crippen LogP contribution in [0.3, 0.4) is 0 Å². The lowest BCUT2D eigenvalue weighted by molar-refractivity contribution is 0.440. The predicted octanol–water partition coefficient (Wildman–Crippen LogP) is 2.11. The maximum Gasteiger partial charge on any atom is 0.328 e. The minimum absolute atomic E-state index is 0.0299. The second-order valence-electron chi connectivity index (χ2n) is 6.04. The van der Waals surface area contributed by atoms with Gasteiger partial charge in [-0.1, -0.05) is 18.9 Å². The Morgan fingerprint density at radius 1 is 1.20 bits per heavy atom. The number of rotatable bonds is 3. The third-order valence-corrected chi connectivity index (χ3v) is 4.95. The van der Waals surface area contributed by atoms with Gasteiger partial charge in [0.2, 0.25) is 0 Å². The van der Waals surface area contributed by atoms with Crippen molar-refractivity contribution in [3.8, 4) is 0 Å². The lowest BCUT2D eigenvalue weighted by Gasteiger charge is -2.22. The molecular weight excluding hydrogens is 250 g/mol. The van der Waals surface area contributed by atoms with E-state index in [9.17, 15) is 4.79 Å². The highest BCUT2D eigenvalue weighted by atomic mass is 16.1. The van der Waals surface area contributed by atoms with Gasteiger partial charge in [0.15, 0.2) is 0 Å². The highest BCUT2D eigenvalue weighted by Gasteiger charge is 2.25. The summed E-state index contributed by atoms with van der Waals surface area (Å²) >= 11 is 0. The summed E-state index contributed by atoms with van der Waals surface area (Å²) in [7, 11) is 3.66. The molecule has 1 aromatic carbocycles. The minimum atomic E-state index is 0.0299. The van der Waals surface area contributed by atoms with Crippen LogP contribution in [0, 0.1) is 5.92 Å². The summed E-state index contributed by atoms with van der Waals surface area (Å²) in [6.45, 7) is 0.691. The zero-order valence-electron chi connectivity index (χ0n) is 12.3. The summed E-state index contributed by atoms with van der Waals surface area (Å²) in [5.74, 6) is 1.13. The van der Waals surface area contributed by atoms with Crippen LogP contribution in [0.15, 0.2) is 23.0 Å². The van der Waals surface area contributed by atoms with E-state index >= 15 is 0 Å². The average Bonchev–Trinajstić information content (AvgIpc) is 3.05. The summed E-state index contributed by atoms with van der Waals surface area (Å²) in [5, 5.41) is 0. The Balaban J connectivity index is 2.07. The maximum absolute atomic E-state index is 12.0. The number of fused-ring (bicyclic) bond motifs is 1. The molecule has 1 aliphatic rings. The van der Waals surface area contributed by atoms with Crippen molar-refractivity contribution in [2.24, 2.45) is 25.7 Å². The summed E-state index contributed by atoms with van der Waals surface area (Å²) in [6, 6.07) is 6.37. The molecule has 20 heavy (non-hydrogen) atoms. The molecule has 1 atom stereocenters. The molecule has 1 fully saturated rings. The van der Waals surface area contributed by atoms with E-state index in [1.165, 1.54) is 31.2 Å². The monoisotopic (exact) mass is 273 g/mol. The number of imidazole rings is 1. The van der Waals surface area contributed by atoms with Gasteiger partial charge in [0.05, 0.1) is 11.0 Å². The fourth-order valence-corrected chi connectivity index (χ4v) is 3.71. The quantitative estimate of drug-likeness (QED) is 0.931. The third kappa shape index (κ3) is 1.99. The van der Waals surface area contributed by atoms with Gasteiger partial charge in [-0.25, -0.2) is 4.79 Å². The molecule has 3 rings (SSSR count). The lowest BCUT2D eigenvalue weighted by Crippen LogP contribution is -2.20. The van der Waals surface area contributed by atoms with E-state index in [1.807, 2.05) is 14.1 Å². The number of nitrogens with zero attached hydrogens (tertiary/aromatic N) is 2. The molecule has 1 saturated carbocycles. The first-order chi connectivity index (χ1) is 9.63. The van der Waals surface area contributed by atoms with Crippen LogP contribution in [0.25, 0.3) is 11.0 Å². The summed E-state index contributed by atoms with van der Waals surface area (Å²) in [5.41, 5.74) is 9.34. The van der Waals surface area contributed by atoms with Crippen molar-refractivity contribution in [3.05, 3.63) is 34.2 Å². The van der Waals surface area contributed by atoms with Crippen molar-refractivity contribution >= 4 is 11.0 Å². The van der Waals surface area contributed by atoms with E-state index in [0.717, 1.165) is 11.0 Å². The molecule has 0 amide bonds. The molecule has 1 aliphatic carbocycles. The van der Waals surface area contributed by atoms with Crippen molar-refractivity contribution in [2.75, 3.05) is 6.54 Å². The van der Waals surface area contributed by atoms with E-state index in [2.05, 4.69) is 18.2 Å². The van der Waals surface area contributed by atoms with Crippen LogP contribution < -0.4 is 11.4 Å². The van der Waals surface area contributed by atoms with E-state index in [0.29, 0.717) is 18.4 Å². The first-order valence-corrected chi connectivity index (χ1v) is 7.49. The minimum Gasteiger partial charge on any atom is -0.330 e. The molecule has 1 aromatic heterocycles. The van der Waals surface area contributed by atoms with Crippen molar-refractivity contribution in [1.82, 2.24) is 9.13 Å². The molecular formula is C16H23N3O. The summed E-state index contributed by atoms with van der Waals surface area (Å²) in [6.07, 6.45) is 5.22. The van der Waals surface area contributed by atoms with Gasteiger partial charge in [0, 0.05) is 14.1 Å². The predicted molar refractivity (Wildman–Crippen MR) is 81.9 cm³/mol. The Labute approximate surface area is 119 Å². The van der Waals surface area contributed by atoms with Gasteiger partial charge in [-0.2, -0.15) is 0 Å². The van der Waals surface area contributed by atoms with Gasteiger partial charge in [0.25, 0.3) is 0 Å². The normalized spacial score (nSPS) is 17.9. The zero-order chi connectivity index (χ0) is 14.3. The zero-order valence-corrected chi connectivity index (χ0v) is 12.3. The molecule has 0 saturated heterocycles. The Morgan fingerprint density at radius 2 is 1.85 bits per heavy atom. The second-order valence-corrected chi connectivity index (χ2v) is 6.04. The number of hydrogen-bond donors (Lipinski definition) is 1. The van der Waals surface area contributed by atoms with E-state index in [4.69, 9.17) is 5.73 Å². The Morgan fingerprint density at radius 3 is 2.50 bits per heavy atom. The van der Waals surface area contributed by atoms with Gasteiger partial charge in [-0.05, 0) is 48.9 Å². The van der Waals surface area contributed by atoms with Crippen LogP contribution in [0.1, 0.15) is 37.2 Å². The Hall–Kier alpha value is -1.55. The molecule has 4 heteroatoms. The third-order valence-electron chi connectivity index (χ3n) is 4.95. The van der Waals surface area contributed by atoms with Gasteiger partial charge in [0.1, 0.15) is 0 Å². The van der Waals surface area contributed by atoms with Gasteiger partial charge < -0.3 is 5.73 Å². The van der Waals surface area contributed by atoms with Crippen LogP contribution in [0.4, 0.5) is 0 Å². The van der Waals surface area contributed by atoms with Crippen molar-refractivity contribution in [2.45, 2.75) is 31.6 Å². The number of aromatic nitrogens is 2. The fourth-order valence-electron chi connectivity index (χ4n) is 3.71. The molecule has 0 radical (unpaired) electrons. The molecule has 108 valence electrons. The van der Waals surface area contributed by atoms with Gasteiger partial charge in [-0.15, -0.1) is 0 Å². The first-order valence-electron chi connectivity index (χ1n) is 7.49. The first kappa shape index (κ1) is 13.4. The summed E-state index contributed by atoms with van der Waals surface area (Å²) < 4.78 is 3.42. The Kier molecular flexibility index (Phi) is 3.42. The van der Waals surface area contributed by atoms with Crippen LogP contribution >= 0.6 is 0 Å². The van der Waals surface area contributed by atoms with E-state index < -0.39 is 0 Å². The van der Waals surface area contributed by atoms with Crippen LogP contribution in [0.2, 0.25) is 0 Å². The highest BCUT2D eigenvalue weighted by Crippen LogP contribution is 2.37. The molecule has 1 unspecified atom stereocenters. The standard InChI is InChI=1S/C16H23N3O/c1-18-14-8-7-12(9-15(14)19(2)16(18)20)13(10-17)11-5-3-4-6-11/h7-9,11,13H,3-6,10,17H2,1-2H3. The van der Waals surface area contributed by atoms with Crippen molar-refractivity contribution in [3.63, 3.8) is 0 Å². The van der Waals surface area contributed by atoms with Gasteiger partial charge in [-0.3, -0.25) is 9.13 Å². The topological polar surface area (TPSA) is 53.0 Å². The van der Waals surface area contributed by atoms with Crippen LogP contribution in [-0.2, 0) is 14.1 Å². The molecule has 0 aliphatic heterocycles. The SMILES string of the molecule is Cn1c(=O)n(C)c2cc(C(CN)C3CCCC3)ccc21. The molecule has 4 nitrogen and oxygen atoms in total. The lowest BCUT2D eigenvalue weighted by atomic mass is 9.85.